The summed E-state index contributed by atoms with van der Waals surface area (Å²) in [5.74, 6) is 0.876. The molecule has 106 valence electrons. The van der Waals surface area contributed by atoms with Crippen molar-refractivity contribution >= 4 is 5.78 Å². The van der Waals surface area contributed by atoms with Gasteiger partial charge < -0.3 is 5.11 Å². The summed E-state index contributed by atoms with van der Waals surface area (Å²) in [5, 5.41) is 9.66. The van der Waals surface area contributed by atoms with Crippen LogP contribution in [0.25, 0.3) is 0 Å². The van der Waals surface area contributed by atoms with Gasteiger partial charge in [0.1, 0.15) is 5.75 Å². The van der Waals surface area contributed by atoms with Crippen molar-refractivity contribution in [1.82, 2.24) is 0 Å². The molecule has 0 amide bonds. The van der Waals surface area contributed by atoms with Crippen LogP contribution in [0, 0.1) is 5.41 Å². The third kappa shape index (κ3) is 2.17. The molecule has 1 N–H and O–H groups in total. The summed E-state index contributed by atoms with van der Waals surface area (Å²) in [7, 11) is 0. The second kappa shape index (κ2) is 5.08. The fourth-order valence-electron chi connectivity index (χ4n) is 3.93. The summed E-state index contributed by atoms with van der Waals surface area (Å²) >= 11 is 0. The Morgan fingerprint density at radius 2 is 2.25 bits per heavy atom. The number of rotatable bonds is 3. The van der Waals surface area contributed by atoms with E-state index in [9.17, 15) is 9.90 Å². The van der Waals surface area contributed by atoms with Gasteiger partial charge in [0.2, 0.25) is 0 Å². The highest BCUT2D eigenvalue weighted by Crippen LogP contribution is 2.53. The van der Waals surface area contributed by atoms with Crippen molar-refractivity contribution in [2.75, 3.05) is 0 Å². The van der Waals surface area contributed by atoms with Gasteiger partial charge in [-0.15, -0.1) is 0 Å². The van der Waals surface area contributed by atoms with Crippen LogP contribution in [-0.4, -0.2) is 10.9 Å². The first-order valence-corrected chi connectivity index (χ1v) is 7.68. The zero-order chi connectivity index (χ0) is 14.2. The lowest BCUT2D eigenvalue weighted by Gasteiger charge is -2.45. The largest absolute Gasteiger partial charge is 0.508 e. The van der Waals surface area contributed by atoms with E-state index in [1.165, 1.54) is 24.0 Å². The molecule has 0 spiro atoms. The van der Waals surface area contributed by atoms with E-state index in [2.05, 4.69) is 13.0 Å². The van der Waals surface area contributed by atoms with E-state index in [0.29, 0.717) is 18.1 Å². The first-order chi connectivity index (χ1) is 9.64. The van der Waals surface area contributed by atoms with Crippen LogP contribution in [0.1, 0.15) is 56.1 Å². The molecule has 0 heterocycles. The molecular weight excluding hydrogens is 248 g/mol. The maximum atomic E-state index is 11.9. The van der Waals surface area contributed by atoms with Crippen LogP contribution in [-0.2, 0) is 11.2 Å². The molecular formula is C18H22O2. The van der Waals surface area contributed by atoms with Crippen LogP contribution in [0.2, 0.25) is 0 Å². The summed E-state index contributed by atoms with van der Waals surface area (Å²) in [6.07, 6.45) is 10.3. The highest BCUT2D eigenvalue weighted by molar-refractivity contribution is 5.91. The fraction of sp³-hybridized carbons (Fsp3) is 0.500. The standard InChI is InChI=1S/C18H22O2/c1-2-3-8-18-9-6-13-11-14(19)4-5-16(13)17(18)12-15(20)7-10-18/h4-5,7,10-11,17,19H,2-3,6,8-9,12H2,1H3/t17-,18+/m1/s1. The highest BCUT2D eigenvalue weighted by atomic mass is 16.3. The molecule has 0 fully saturated rings. The smallest absolute Gasteiger partial charge is 0.156 e. The molecule has 0 aromatic heterocycles. The molecule has 2 atom stereocenters. The van der Waals surface area contributed by atoms with Gasteiger partial charge in [0.15, 0.2) is 5.78 Å². The minimum Gasteiger partial charge on any atom is -0.508 e. The van der Waals surface area contributed by atoms with Crippen LogP contribution >= 0.6 is 0 Å². The zero-order valence-corrected chi connectivity index (χ0v) is 12.1. The van der Waals surface area contributed by atoms with Crippen molar-refractivity contribution < 1.29 is 9.90 Å². The molecule has 2 nitrogen and oxygen atoms in total. The van der Waals surface area contributed by atoms with Crippen LogP contribution in [0.4, 0.5) is 0 Å². The molecule has 1 aromatic carbocycles. The molecule has 20 heavy (non-hydrogen) atoms. The molecule has 2 heteroatoms. The summed E-state index contributed by atoms with van der Waals surface area (Å²) < 4.78 is 0. The maximum absolute atomic E-state index is 11.9. The van der Waals surface area contributed by atoms with Crippen LogP contribution in [0.5, 0.6) is 5.75 Å². The lowest BCUT2D eigenvalue weighted by Crippen LogP contribution is -2.36. The van der Waals surface area contributed by atoms with Crippen LogP contribution in [0.3, 0.4) is 0 Å². The number of aryl methyl sites for hydroxylation is 1. The van der Waals surface area contributed by atoms with Gasteiger partial charge in [-0.05, 0) is 54.0 Å². The molecule has 3 rings (SSSR count). The Kier molecular flexibility index (Phi) is 3.41. The molecule has 1 aromatic rings. The maximum Gasteiger partial charge on any atom is 0.156 e. The summed E-state index contributed by atoms with van der Waals surface area (Å²) in [6.45, 7) is 2.22. The van der Waals surface area contributed by atoms with Gasteiger partial charge in [0, 0.05) is 12.3 Å². The predicted octanol–water partition coefficient (Wildman–Crippen LogP) is 4.13. The van der Waals surface area contributed by atoms with E-state index in [0.717, 1.165) is 19.3 Å². The first kappa shape index (κ1) is 13.4. The number of fused-ring (bicyclic) bond motifs is 3. The Hall–Kier alpha value is -1.57. The summed E-state index contributed by atoms with van der Waals surface area (Å²) in [6, 6.07) is 5.67. The van der Waals surface area contributed by atoms with E-state index < -0.39 is 0 Å². The average molecular weight is 270 g/mol. The van der Waals surface area contributed by atoms with E-state index in [1.807, 2.05) is 12.1 Å². The number of hydrogen-bond acceptors (Lipinski definition) is 2. The van der Waals surface area contributed by atoms with Crippen molar-refractivity contribution in [1.29, 1.82) is 0 Å². The van der Waals surface area contributed by atoms with Crippen molar-refractivity contribution in [3.8, 4) is 5.75 Å². The number of carbonyl (C=O) groups is 1. The topological polar surface area (TPSA) is 37.3 Å². The Balaban J connectivity index is 2.03. The second-order valence-corrected chi connectivity index (χ2v) is 6.28. The monoisotopic (exact) mass is 270 g/mol. The van der Waals surface area contributed by atoms with E-state index >= 15 is 0 Å². The molecule has 0 bridgehead atoms. The van der Waals surface area contributed by atoms with E-state index in [1.54, 1.807) is 12.1 Å². The number of phenolic OH excluding ortho intramolecular Hbond substituents is 1. The number of phenols is 1. The first-order valence-electron chi connectivity index (χ1n) is 7.68. The third-order valence-corrected chi connectivity index (χ3v) is 5.06. The van der Waals surface area contributed by atoms with Gasteiger partial charge in [-0.1, -0.05) is 31.9 Å². The molecule has 0 saturated carbocycles. The van der Waals surface area contributed by atoms with Gasteiger partial charge in [-0.25, -0.2) is 0 Å². The molecule has 2 aliphatic rings. The number of allylic oxidation sites excluding steroid dienone is 2. The van der Waals surface area contributed by atoms with Crippen molar-refractivity contribution in [2.45, 2.75) is 51.4 Å². The van der Waals surface area contributed by atoms with Gasteiger partial charge >= 0.3 is 0 Å². The zero-order valence-electron chi connectivity index (χ0n) is 12.1. The van der Waals surface area contributed by atoms with Crippen molar-refractivity contribution in [3.63, 3.8) is 0 Å². The third-order valence-electron chi connectivity index (χ3n) is 5.06. The van der Waals surface area contributed by atoms with E-state index in [4.69, 9.17) is 0 Å². The lowest BCUT2D eigenvalue weighted by molar-refractivity contribution is -0.116. The minimum absolute atomic E-state index is 0.161. The second-order valence-electron chi connectivity index (χ2n) is 6.28. The molecule has 0 aliphatic heterocycles. The van der Waals surface area contributed by atoms with Crippen molar-refractivity contribution in [2.24, 2.45) is 5.41 Å². The Labute approximate surface area is 120 Å². The molecule has 0 saturated heterocycles. The molecule has 2 aliphatic carbocycles. The normalized spacial score (nSPS) is 28.1. The number of ketones is 1. The summed E-state index contributed by atoms with van der Waals surface area (Å²) in [5.41, 5.74) is 2.67. The quantitative estimate of drug-likeness (QED) is 0.896. The fourth-order valence-corrected chi connectivity index (χ4v) is 3.93. The number of hydrogen-bond donors (Lipinski definition) is 1. The average Bonchev–Trinajstić information content (AvgIpc) is 2.45. The number of benzene rings is 1. The molecule has 0 unspecified atom stereocenters. The number of aromatic hydroxyl groups is 1. The Bertz CT molecular complexity index is 559. The Morgan fingerprint density at radius 1 is 1.40 bits per heavy atom. The van der Waals surface area contributed by atoms with Gasteiger partial charge in [0.05, 0.1) is 0 Å². The van der Waals surface area contributed by atoms with Crippen molar-refractivity contribution in [3.05, 3.63) is 41.5 Å². The van der Waals surface area contributed by atoms with Crippen LogP contribution in [0.15, 0.2) is 30.4 Å². The van der Waals surface area contributed by atoms with E-state index in [-0.39, 0.29) is 11.2 Å². The van der Waals surface area contributed by atoms with Gasteiger partial charge in [-0.3, -0.25) is 4.79 Å². The van der Waals surface area contributed by atoms with Gasteiger partial charge in [-0.2, -0.15) is 0 Å². The predicted molar refractivity (Wildman–Crippen MR) is 79.9 cm³/mol. The molecule has 0 radical (unpaired) electrons. The number of carbonyl (C=O) groups excluding carboxylic acids is 1. The SMILES string of the molecule is CCCC[C@]12C=CC(=O)C[C@@H]1c1ccc(O)cc1CC2. The number of unbranched alkanes of at least 4 members (excludes halogenated alkanes) is 1. The summed E-state index contributed by atoms with van der Waals surface area (Å²) in [4.78, 5) is 11.9. The van der Waals surface area contributed by atoms with Crippen LogP contribution < -0.4 is 0 Å². The highest BCUT2D eigenvalue weighted by Gasteiger charge is 2.43. The lowest BCUT2D eigenvalue weighted by atomic mass is 9.58. The Morgan fingerprint density at radius 3 is 3.05 bits per heavy atom. The minimum atomic E-state index is 0.161. The van der Waals surface area contributed by atoms with Gasteiger partial charge in [0.25, 0.3) is 0 Å².